The Kier molecular flexibility index (Phi) is 4.03. The molecule has 0 heterocycles. The highest BCUT2D eigenvalue weighted by Gasteiger charge is 2.23. The Morgan fingerprint density at radius 2 is 2.08 bits per heavy atom. The van der Waals surface area contributed by atoms with Gasteiger partial charge in [0.25, 0.3) is 0 Å². The van der Waals surface area contributed by atoms with E-state index < -0.39 is 11.7 Å². The fourth-order valence-corrected chi connectivity index (χ4v) is 1.09. The number of hydrogen-bond donors (Lipinski definition) is 2. The first-order valence-corrected chi connectivity index (χ1v) is 4.11. The normalized spacial score (nSPS) is 14.0. The first-order chi connectivity index (χ1) is 5.37. The molecule has 0 fully saturated rings. The summed E-state index contributed by atoms with van der Waals surface area (Å²) < 4.78 is 4.87. The molecule has 0 spiro atoms. The molecule has 4 N–H and O–H groups in total. The van der Waals surface area contributed by atoms with Crippen molar-refractivity contribution >= 4 is 6.09 Å². The molecule has 12 heavy (non-hydrogen) atoms. The number of amides is 1. The van der Waals surface area contributed by atoms with E-state index in [-0.39, 0.29) is 6.04 Å². The molecular weight excluding hydrogens is 156 g/mol. The molecule has 0 aliphatic heterocycles. The maximum absolute atomic E-state index is 10.4. The summed E-state index contributed by atoms with van der Waals surface area (Å²) in [5.41, 5.74) is 10.0. The van der Waals surface area contributed by atoms with Crippen molar-refractivity contribution in [2.45, 2.75) is 45.3 Å². The highest BCUT2D eigenvalue weighted by molar-refractivity contribution is 5.65. The number of ether oxygens (including phenoxy) is 1. The summed E-state index contributed by atoms with van der Waals surface area (Å²) in [5.74, 6) is 0. The molecule has 0 aromatic heterocycles. The maximum atomic E-state index is 10.4. The van der Waals surface area contributed by atoms with Crippen molar-refractivity contribution in [1.29, 1.82) is 0 Å². The van der Waals surface area contributed by atoms with E-state index in [1.807, 2.05) is 6.92 Å². The monoisotopic (exact) mass is 174 g/mol. The van der Waals surface area contributed by atoms with Crippen LogP contribution in [-0.4, -0.2) is 17.7 Å². The van der Waals surface area contributed by atoms with Crippen LogP contribution < -0.4 is 11.5 Å². The number of nitrogens with two attached hydrogens (primary N) is 2. The van der Waals surface area contributed by atoms with Crippen molar-refractivity contribution in [2.75, 3.05) is 0 Å². The standard InChI is InChI=1S/C8H18N2O2/c1-4-6(9)5-8(2,3)12-7(10)11/h6H,4-5,9H2,1-3H3,(H2,10,11). The zero-order valence-corrected chi connectivity index (χ0v) is 7.96. The summed E-state index contributed by atoms with van der Waals surface area (Å²) in [6.45, 7) is 5.59. The summed E-state index contributed by atoms with van der Waals surface area (Å²) >= 11 is 0. The van der Waals surface area contributed by atoms with Gasteiger partial charge in [-0.15, -0.1) is 0 Å². The van der Waals surface area contributed by atoms with Crippen LogP contribution in [0.1, 0.15) is 33.6 Å². The SMILES string of the molecule is CCC(N)CC(C)(C)OC(N)=O. The van der Waals surface area contributed by atoms with E-state index in [0.29, 0.717) is 6.42 Å². The number of carbonyl (C=O) groups excluding carboxylic acids is 1. The van der Waals surface area contributed by atoms with Crippen LogP contribution in [-0.2, 0) is 4.74 Å². The Balaban J connectivity index is 3.94. The van der Waals surface area contributed by atoms with Crippen LogP contribution in [0.15, 0.2) is 0 Å². The second-order valence-corrected chi connectivity index (χ2v) is 3.55. The van der Waals surface area contributed by atoms with Crippen LogP contribution in [0, 0.1) is 0 Å². The maximum Gasteiger partial charge on any atom is 0.405 e. The molecule has 0 saturated heterocycles. The van der Waals surface area contributed by atoms with E-state index in [4.69, 9.17) is 16.2 Å². The largest absolute Gasteiger partial charge is 0.444 e. The zero-order chi connectivity index (χ0) is 9.78. The number of rotatable bonds is 4. The molecular formula is C8H18N2O2. The van der Waals surface area contributed by atoms with E-state index in [1.165, 1.54) is 0 Å². The molecule has 4 heteroatoms. The second kappa shape index (κ2) is 4.30. The Bertz CT molecular complexity index is 157. The molecule has 0 aromatic carbocycles. The predicted octanol–water partition coefficient (Wildman–Crippen LogP) is 0.988. The Morgan fingerprint density at radius 1 is 1.58 bits per heavy atom. The Labute approximate surface area is 73.2 Å². The van der Waals surface area contributed by atoms with E-state index in [0.717, 1.165) is 6.42 Å². The van der Waals surface area contributed by atoms with Crippen LogP contribution >= 0.6 is 0 Å². The molecule has 0 bridgehead atoms. The van der Waals surface area contributed by atoms with Gasteiger partial charge in [0.2, 0.25) is 0 Å². The molecule has 4 nitrogen and oxygen atoms in total. The van der Waals surface area contributed by atoms with Crippen molar-refractivity contribution < 1.29 is 9.53 Å². The lowest BCUT2D eigenvalue weighted by molar-refractivity contribution is 0.0340. The van der Waals surface area contributed by atoms with Gasteiger partial charge in [0.05, 0.1) is 0 Å². The molecule has 0 radical (unpaired) electrons. The molecule has 1 atom stereocenters. The van der Waals surface area contributed by atoms with Gasteiger partial charge in [0.15, 0.2) is 0 Å². The fraction of sp³-hybridized carbons (Fsp3) is 0.875. The lowest BCUT2D eigenvalue weighted by Crippen LogP contribution is -2.37. The topological polar surface area (TPSA) is 78.3 Å². The van der Waals surface area contributed by atoms with E-state index in [1.54, 1.807) is 13.8 Å². The molecule has 0 aromatic rings. The molecule has 1 amide bonds. The summed E-state index contributed by atoms with van der Waals surface area (Å²) in [6.07, 6.45) is 0.751. The first kappa shape index (κ1) is 11.2. The highest BCUT2D eigenvalue weighted by atomic mass is 16.6. The van der Waals surface area contributed by atoms with Crippen molar-refractivity contribution in [3.05, 3.63) is 0 Å². The predicted molar refractivity (Wildman–Crippen MR) is 47.6 cm³/mol. The highest BCUT2D eigenvalue weighted by Crippen LogP contribution is 2.16. The van der Waals surface area contributed by atoms with Gasteiger partial charge < -0.3 is 16.2 Å². The number of carbonyl (C=O) groups is 1. The van der Waals surface area contributed by atoms with Crippen LogP contribution in [0.5, 0.6) is 0 Å². The van der Waals surface area contributed by atoms with Gasteiger partial charge in [-0.2, -0.15) is 0 Å². The summed E-state index contributed by atoms with van der Waals surface area (Å²) in [6, 6.07) is 0.0550. The van der Waals surface area contributed by atoms with E-state index in [9.17, 15) is 4.79 Å². The van der Waals surface area contributed by atoms with Gasteiger partial charge in [-0.05, 0) is 20.3 Å². The quantitative estimate of drug-likeness (QED) is 0.667. The van der Waals surface area contributed by atoms with Gasteiger partial charge >= 0.3 is 6.09 Å². The van der Waals surface area contributed by atoms with Gasteiger partial charge in [-0.25, -0.2) is 4.79 Å². The van der Waals surface area contributed by atoms with Crippen LogP contribution in [0.25, 0.3) is 0 Å². The summed E-state index contributed by atoms with van der Waals surface area (Å²) in [5, 5.41) is 0. The minimum absolute atomic E-state index is 0.0550. The average molecular weight is 174 g/mol. The molecule has 72 valence electrons. The third kappa shape index (κ3) is 4.96. The average Bonchev–Trinajstić information content (AvgIpc) is 1.83. The smallest absolute Gasteiger partial charge is 0.405 e. The third-order valence-electron chi connectivity index (χ3n) is 1.66. The second-order valence-electron chi connectivity index (χ2n) is 3.55. The van der Waals surface area contributed by atoms with Gasteiger partial charge in [0, 0.05) is 12.5 Å². The molecule has 0 saturated carbocycles. The first-order valence-electron chi connectivity index (χ1n) is 4.11. The van der Waals surface area contributed by atoms with Crippen molar-refractivity contribution in [3.63, 3.8) is 0 Å². The molecule has 0 aliphatic carbocycles. The van der Waals surface area contributed by atoms with Gasteiger partial charge in [-0.1, -0.05) is 6.92 Å². The van der Waals surface area contributed by atoms with Crippen LogP contribution in [0.4, 0.5) is 4.79 Å². The van der Waals surface area contributed by atoms with Gasteiger partial charge in [-0.3, -0.25) is 0 Å². The van der Waals surface area contributed by atoms with Crippen molar-refractivity contribution in [2.24, 2.45) is 11.5 Å². The van der Waals surface area contributed by atoms with Crippen molar-refractivity contribution in [1.82, 2.24) is 0 Å². The summed E-state index contributed by atoms with van der Waals surface area (Å²) in [4.78, 5) is 10.4. The Hall–Kier alpha value is -0.770. The Morgan fingerprint density at radius 3 is 2.42 bits per heavy atom. The van der Waals surface area contributed by atoms with Crippen molar-refractivity contribution in [3.8, 4) is 0 Å². The number of hydrogen-bond acceptors (Lipinski definition) is 3. The molecule has 1 unspecified atom stereocenters. The lowest BCUT2D eigenvalue weighted by Gasteiger charge is -2.26. The summed E-state index contributed by atoms with van der Waals surface area (Å²) in [7, 11) is 0. The van der Waals surface area contributed by atoms with Gasteiger partial charge in [0.1, 0.15) is 5.60 Å². The molecule has 0 rings (SSSR count). The van der Waals surface area contributed by atoms with E-state index in [2.05, 4.69) is 0 Å². The zero-order valence-electron chi connectivity index (χ0n) is 7.96. The molecule has 0 aliphatic rings. The van der Waals surface area contributed by atoms with Crippen LogP contribution in [0.3, 0.4) is 0 Å². The minimum atomic E-state index is -0.747. The fourth-order valence-electron chi connectivity index (χ4n) is 1.09. The minimum Gasteiger partial charge on any atom is -0.444 e. The lowest BCUT2D eigenvalue weighted by atomic mass is 9.98. The number of primary amides is 1. The van der Waals surface area contributed by atoms with E-state index >= 15 is 0 Å². The third-order valence-corrected chi connectivity index (χ3v) is 1.66. The van der Waals surface area contributed by atoms with Crippen LogP contribution in [0.2, 0.25) is 0 Å².